The van der Waals surface area contributed by atoms with Gasteiger partial charge in [-0.15, -0.1) is 0 Å². The zero-order valence-corrected chi connectivity index (χ0v) is 24.9. The molecular formula is C32H34CuO4P2. The molecule has 0 amide bonds. The Bertz CT molecular complexity index is 1010. The summed E-state index contributed by atoms with van der Waals surface area (Å²) < 4.78 is 0. The third-order valence-corrected chi connectivity index (χ3v) is 10.5. The summed E-state index contributed by atoms with van der Waals surface area (Å²) in [7, 11) is -0.566. The third kappa shape index (κ3) is 14.2. The minimum Gasteiger partial charge on any atom is -0.550 e. The van der Waals surface area contributed by atoms with Crippen molar-refractivity contribution in [1.82, 2.24) is 0 Å². The van der Waals surface area contributed by atoms with E-state index in [0.29, 0.717) is 0 Å². The van der Waals surface area contributed by atoms with E-state index >= 15 is 0 Å². The van der Waals surface area contributed by atoms with Crippen molar-refractivity contribution in [1.29, 1.82) is 0 Å². The van der Waals surface area contributed by atoms with Crippen LogP contribution in [-0.4, -0.2) is 24.3 Å². The summed E-state index contributed by atoms with van der Waals surface area (Å²) in [5.41, 5.74) is 0. The predicted molar refractivity (Wildman–Crippen MR) is 158 cm³/mol. The molecule has 4 nitrogen and oxygen atoms in total. The zero-order chi connectivity index (χ0) is 27.6. The van der Waals surface area contributed by atoms with Crippen molar-refractivity contribution in [3.8, 4) is 0 Å². The monoisotopic (exact) mass is 607 g/mol. The average molecular weight is 608 g/mol. The molecule has 0 spiro atoms. The first kappa shape index (κ1) is 34.2. The van der Waals surface area contributed by atoms with Crippen LogP contribution < -0.4 is 31.4 Å². The Labute approximate surface area is 245 Å². The van der Waals surface area contributed by atoms with E-state index in [0.717, 1.165) is 13.8 Å². The zero-order valence-electron chi connectivity index (χ0n) is 22.2. The molecule has 0 aliphatic heterocycles. The number of hydrogen-bond acceptors (Lipinski definition) is 4. The number of aliphatic carboxylic acids is 2. The summed E-state index contributed by atoms with van der Waals surface area (Å²) in [6.45, 7) is 1.94. The van der Waals surface area contributed by atoms with E-state index in [1.165, 1.54) is 46.4 Å². The second-order valence-electron chi connectivity index (χ2n) is 8.34. The molecule has 0 unspecified atom stereocenters. The maximum atomic E-state index is 8.89. The van der Waals surface area contributed by atoms with Crippen LogP contribution in [0, 0.1) is 0 Å². The molecular weight excluding hydrogens is 574 g/mol. The SMILES string of the molecule is CC(=O)[O-].CC(=O)[O-].[Cu+2].c1ccc(P(CCCCP(c2ccccc2)c2ccccc2)c2ccccc2)cc1. The van der Waals surface area contributed by atoms with Crippen LogP contribution in [0.25, 0.3) is 0 Å². The van der Waals surface area contributed by atoms with Gasteiger partial charge in [-0.3, -0.25) is 0 Å². The van der Waals surface area contributed by atoms with Crippen molar-refractivity contribution in [3.63, 3.8) is 0 Å². The molecule has 0 fully saturated rings. The van der Waals surface area contributed by atoms with Gasteiger partial charge in [0, 0.05) is 11.9 Å². The Kier molecular flexibility index (Phi) is 17.7. The van der Waals surface area contributed by atoms with Crippen LogP contribution in [0.2, 0.25) is 0 Å². The molecule has 0 aliphatic rings. The van der Waals surface area contributed by atoms with Crippen molar-refractivity contribution in [2.45, 2.75) is 26.7 Å². The second kappa shape index (κ2) is 20.2. The predicted octanol–water partition coefficient (Wildman–Crippen LogP) is 3.54. The maximum absolute atomic E-state index is 8.89. The number of benzene rings is 4. The molecule has 207 valence electrons. The van der Waals surface area contributed by atoms with E-state index in [-0.39, 0.29) is 32.9 Å². The molecule has 0 aromatic heterocycles. The van der Waals surface area contributed by atoms with E-state index in [4.69, 9.17) is 19.8 Å². The van der Waals surface area contributed by atoms with Crippen LogP contribution in [-0.2, 0) is 26.7 Å². The Morgan fingerprint density at radius 2 is 0.667 bits per heavy atom. The topological polar surface area (TPSA) is 80.3 Å². The summed E-state index contributed by atoms with van der Waals surface area (Å²) >= 11 is 0. The molecule has 0 aliphatic carbocycles. The molecule has 7 heteroatoms. The smallest absolute Gasteiger partial charge is 0.550 e. The van der Waals surface area contributed by atoms with Crippen molar-refractivity contribution >= 4 is 49.0 Å². The molecule has 0 saturated carbocycles. The van der Waals surface area contributed by atoms with Crippen LogP contribution in [0.4, 0.5) is 0 Å². The van der Waals surface area contributed by atoms with Gasteiger partial charge in [0.15, 0.2) is 0 Å². The standard InChI is InChI=1S/C28H28P2.2C2H4O2.Cu/c1-5-15-25(16-6-1)29(26-17-7-2-8-18-26)23-13-14-24-30(27-19-9-3-10-20-27)28-21-11-4-12-22-28;2*1-2(3)4;/h1-12,15-22H,13-14,23-24H2;2*1H3,(H,3,4);/q;;;+2/p-2. The van der Waals surface area contributed by atoms with Gasteiger partial charge in [-0.25, -0.2) is 0 Å². The number of carbonyl (C=O) groups excluding carboxylic acids is 2. The third-order valence-electron chi connectivity index (χ3n) is 5.28. The minimum absolute atomic E-state index is 0. The second-order valence-corrected chi connectivity index (χ2v) is 13.0. The van der Waals surface area contributed by atoms with E-state index in [9.17, 15) is 0 Å². The molecule has 4 aromatic carbocycles. The van der Waals surface area contributed by atoms with Gasteiger partial charge in [0.25, 0.3) is 0 Å². The first-order valence-corrected chi connectivity index (χ1v) is 15.5. The van der Waals surface area contributed by atoms with Crippen LogP contribution in [0.15, 0.2) is 121 Å². The normalized spacial score (nSPS) is 9.85. The minimum atomic E-state index is -1.08. The quantitative estimate of drug-likeness (QED) is 0.166. The molecule has 4 rings (SSSR count). The van der Waals surface area contributed by atoms with Gasteiger partial charge in [0.1, 0.15) is 0 Å². The van der Waals surface area contributed by atoms with Crippen molar-refractivity contribution in [2.75, 3.05) is 12.3 Å². The van der Waals surface area contributed by atoms with Gasteiger partial charge in [-0.05, 0) is 76.1 Å². The Morgan fingerprint density at radius 3 is 0.846 bits per heavy atom. The fourth-order valence-electron chi connectivity index (χ4n) is 3.79. The molecule has 0 saturated heterocycles. The summed E-state index contributed by atoms with van der Waals surface area (Å²) in [6.07, 6.45) is 5.06. The van der Waals surface area contributed by atoms with E-state index < -0.39 is 11.9 Å². The number of unbranched alkanes of at least 4 members (excludes halogenated alkanes) is 1. The van der Waals surface area contributed by atoms with Gasteiger partial charge >= 0.3 is 17.1 Å². The first-order chi connectivity index (χ1) is 18.4. The number of rotatable bonds is 9. The summed E-state index contributed by atoms with van der Waals surface area (Å²) in [6, 6.07) is 44.3. The van der Waals surface area contributed by atoms with Crippen LogP contribution >= 0.6 is 15.8 Å². The van der Waals surface area contributed by atoms with Gasteiger partial charge in [-0.1, -0.05) is 121 Å². The Hall–Kier alpha value is -2.80. The van der Waals surface area contributed by atoms with Gasteiger partial charge in [0.05, 0.1) is 0 Å². The van der Waals surface area contributed by atoms with Gasteiger partial charge in [-0.2, -0.15) is 0 Å². The largest absolute Gasteiger partial charge is 2.00 e. The number of carbonyl (C=O) groups is 2. The van der Waals surface area contributed by atoms with E-state index in [1.807, 2.05) is 0 Å². The molecule has 1 radical (unpaired) electrons. The van der Waals surface area contributed by atoms with Gasteiger partial charge < -0.3 is 19.8 Å². The maximum Gasteiger partial charge on any atom is 2.00 e. The van der Waals surface area contributed by atoms with E-state index in [2.05, 4.69) is 121 Å². The number of hydrogen-bond donors (Lipinski definition) is 0. The average Bonchev–Trinajstić information content (AvgIpc) is 2.92. The summed E-state index contributed by atoms with van der Waals surface area (Å²) in [5.74, 6) is -2.17. The molecule has 0 N–H and O–H groups in total. The molecule has 4 aromatic rings. The molecule has 39 heavy (non-hydrogen) atoms. The number of carboxylic acid groups (broad SMARTS) is 2. The van der Waals surface area contributed by atoms with Crippen molar-refractivity contribution < 1.29 is 36.9 Å². The van der Waals surface area contributed by atoms with Crippen molar-refractivity contribution in [3.05, 3.63) is 121 Å². The fourth-order valence-corrected chi connectivity index (χ4v) is 8.62. The van der Waals surface area contributed by atoms with Gasteiger partial charge in [0.2, 0.25) is 0 Å². The van der Waals surface area contributed by atoms with Crippen LogP contribution in [0.3, 0.4) is 0 Å². The molecule has 0 bridgehead atoms. The summed E-state index contributed by atoms with van der Waals surface area (Å²) in [4.78, 5) is 17.8. The number of carboxylic acids is 2. The molecule has 0 atom stereocenters. The first-order valence-electron chi connectivity index (χ1n) is 12.5. The fraction of sp³-hybridized carbons (Fsp3) is 0.188. The van der Waals surface area contributed by atoms with Crippen LogP contribution in [0.1, 0.15) is 26.7 Å². The van der Waals surface area contributed by atoms with Crippen molar-refractivity contribution in [2.24, 2.45) is 0 Å². The Morgan fingerprint density at radius 1 is 0.487 bits per heavy atom. The summed E-state index contributed by atoms with van der Waals surface area (Å²) in [5, 5.41) is 23.7. The molecule has 0 heterocycles. The van der Waals surface area contributed by atoms with Crippen LogP contribution in [0.5, 0.6) is 0 Å². The Balaban J connectivity index is 0.000000748. The van der Waals surface area contributed by atoms with E-state index in [1.54, 1.807) is 0 Å².